The lowest BCUT2D eigenvalue weighted by Gasteiger charge is -2.19. The largest absolute Gasteiger partial charge is 0.363 e. The van der Waals surface area contributed by atoms with Gasteiger partial charge in [0.1, 0.15) is 6.29 Å². The maximum absolute atomic E-state index is 11.7. The summed E-state index contributed by atoms with van der Waals surface area (Å²) < 4.78 is 0. The number of aldehydes is 1. The molecule has 2 nitrogen and oxygen atoms in total. The van der Waals surface area contributed by atoms with E-state index in [2.05, 4.69) is 56.6 Å². The lowest BCUT2D eigenvalue weighted by atomic mass is 9.86. The quantitative estimate of drug-likeness (QED) is 0.299. The summed E-state index contributed by atoms with van der Waals surface area (Å²) in [6.45, 7) is 10.5. The van der Waals surface area contributed by atoms with E-state index in [0.29, 0.717) is 17.4 Å². The monoisotopic (exact) mass is 446 g/mol. The van der Waals surface area contributed by atoms with Gasteiger partial charge in [-0.1, -0.05) is 104 Å². The molecule has 0 aliphatic heterocycles. The molecule has 0 fully saturated rings. The number of hydrogen-bond donors (Lipinski definition) is 1. The van der Waals surface area contributed by atoms with E-state index in [4.69, 9.17) is 0 Å². The molecular formula is C32H30O2. The molecule has 0 amide bonds. The summed E-state index contributed by atoms with van der Waals surface area (Å²) in [5.74, 6) is 12.1. The van der Waals surface area contributed by atoms with Crippen molar-refractivity contribution in [1.82, 2.24) is 0 Å². The minimum Gasteiger partial charge on any atom is -0.363 e. The third kappa shape index (κ3) is 6.35. The molecule has 170 valence electrons. The van der Waals surface area contributed by atoms with Crippen LogP contribution in [0.2, 0.25) is 0 Å². The Morgan fingerprint density at radius 3 is 2.00 bits per heavy atom. The van der Waals surface area contributed by atoms with Gasteiger partial charge in [0, 0.05) is 16.7 Å². The number of aryl methyl sites for hydroxylation is 2. The van der Waals surface area contributed by atoms with Gasteiger partial charge in [-0.3, -0.25) is 4.79 Å². The number of aliphatic hydroxyl groups is 1. The molecule has 0 saturated heterocycles. The fourth-order valence-corrected chi connectivity index (χ4v) is 3.63. The molecule has 3 rings (SSSR count). The van der Waals surface area contributed by atoms with Gasteiger partial charge in [0.05, 0.1) is 0 Å². The van der Waals surface area contributed by atoms with Crippen LogP contribution in [0.1, 0.15) is 54.2 Å². The highest BCUT2D eigenvalue weighted by molar-refractivity contribution is 5.89. The smallest absolute Gasteiger partial charge is 0.214 e. The minimum atomic E-state index is -1.71. The van der Waals surface area contributed by atoms with Gasteiger partial charge in [-0.15, -0.1) is 0 Å². The zero-order chi connectivity index (χ0) is 24.8. The second-order valence-corrected chi connectivity index (χ2v) is 9.50. The van der Waals surface area contributed by atoms with Crippen molar-refractivity contribution in [3.63, 3.8) is 0 Å². The van der Waals surface area contributed by atoms with Gasteiger partial charge in [-0.2, -0.15) is 0 Å². The first-order chi connectivity index (χ1) is 16.1. The van der Waals surface area contributed by atoms with Crippen LogP contribution in [0.5, 0.6) is 0 Å². The van der Waals surface area contributed by atoms with Crippen LogP contribution < -0.4 is 0 Å². The molecule has 1 atom stereocenters. The van der Waals surface area contributed by atoms with Crippen LogP contribution in [0.15, 0.2) is 78.9 Å². The van der Waals surface area contributed by atoms with Gasteiger partial charge in [0.2, 0.25) is 5.60 Å². The van der Waals surface area contributed by atoms with Crippen molar-refractivity contribution in [2.45, 2.75) is 45.6 Å². The minimum absolute atomic E-state index is 0.0516. The standard InChI is InChI=1S/C32H30O2/c1-24-21-25(2)23-30(22-24)32(34,18-15-26-11-13-29(14-12-26)31(3,4)5)19-16-28(17-20-33)27-9-7-6-8-10-27/h6-14,17,20-23,34H,1-5H3/b28-17+. The first-order valence-electron chi connectivity index (χ1n) is 11.3. The van der Waals surface area contributed by atoms with Crippen molar-refractivity contribution in [2.75, 3.05) is 0 Å². The Kier molecular flexibility index (Phi) is 7.57. The number of benzene rings is 3. The average molecular weight is 447 g/mol. The SMILES string of the molecule is Cc1cc(C)cc(C(O)(C#C/C(=C\C=O)c2ccccc2)C#Cc2ccc(C(C)(C)C)cc2)c1. The average Bonchev–Trinajstić information content (AvgIpc) is 2.80. The molecule has 0 aliphatic rings. The number of carbonyl (C=O) groups excluding carboxylic acids is 1. The third-order valence-electron chi connectivity index (χ3n) is 5.48. The molecule has 0 spiro atoms. The van der Waals surface area contributed by atoms with E-state index < -0.39 is 5.60 Å². The predicted molar refractivity (Wildman–Crippen MR) is 140 cm³/mol. The first kappa shape index (κ1) is 24.8. The number of rotatable bonds is 3. The van der Waals surface area contributed by atoms with Gasteiger partial charge in [0.25, 0.3) is 0 Å². The Balaban J connectivity index is 2.10. The lowest BCUT2D eigenvalue weighted by molar-refractivity contribution is -0.104. The zero-order valence-electron chi connectivity index (χ0n) is 20.4. The Labute approximate surface area is 203 Å². The van der Waals surface area contributed by atoms with E-state index in [1.807, 2.05) is 74.5 Å². The fourth-order valence-electron chi connectivity index (χ4n) is 3.63. The molecular weight excluding hydrogens is 416 g/mol. The first-order valence-corrected chi connectivity index (χ1v) is 11.3. The van der Waals surface area contributed by atoms with Gasteiger partial charge in [0.15, 0.2) is 0 Å². The number of carbonyl (C=O) groups is 1. The van der Waals surface area contributed by atoms with Crippen LogP contribution in [0.4, 0.5) is 0 Å². The summed E-state index contributed by atoms with van der Waals surface area (Å²) in [5, 5.41) is 11.7. The summed E-state index contributed by atoms with van der Waals surface area (Å²) in [5.41, 5.74) is 4.31. The second kappa shape index (κ2) is 10.4. The van der Waals surface area contributed by atoms with Crippen molar-refractivity contribution in [2.24, 2.45) is 0 Å². The van der Waals surface area contributed by atoms with E-state index >= 15 is 0 Å². The number of allylic oxidation sites excluding steroid dienone is 2. The molecule has 0 aliphatic carbocycles. The van der Waals surface area contributed by atoms with Crippen LogP contribution in [-0.2, 0) is 15.8 Å². The Morgan fingerprint density at radius 1 is 0.824 bits per heavy atom. The van der Waals surface area contributed by atoms with Crippen LogP contribution in [-0.4, -0.2) is 11.4 Å². The molecule has 0 bridgehead atoms. The van der Waals surface area contributed by atoms with Crippen LogP contribution in [0.25, 0.3) is 5.57 Å². The third-order valence-corrected chi connectivity index (χ3v) is 5.48. The highest BCUT2D eigenvalue weighted by atomic mass is 16.3. The Hall–Kier alpha value is -3.85. The molecule has 0 aromatic heterocycles. The van der Waals surface area contributed by atoms with E-state index in [1.54, 1.807) is 0 Å². The van der Waals surface area contributed by atoms with Gasteiger partial charge in [-0.25, -0.2) is 0 Å². The van der Waals surface area contributed by atoms with Crippen molar-refractivity contribution in [1.29, 1.82) is 0 Å². The van der Waals surface area contributed by atoms with E-state index in [0.717, 1.165) is 22.3 Å². The summed E-state index contributed by atoms with van der Waals surface area (Å²) in [4.78, 5) is 11.2. The summed E-state index contributed by atoms with van der Waals surface area (Å²) >= 11 is 0. The lowest BCUT2D eigenvalue weighted by Crippen LogP contribution is -2.22. The molecule has 0 heterocycles. The predicted octanol–water partition coefficient (Wildman–Crippen LogP) is 6.13. The molecule has 1 unspecified atom stereocenters. The fraction of sp³-hybridized carbons (Fsp3) is 0.219. The van der Waals surface area contributed by atoms with Gasteiger partial charge in [-0.05, 0) is 60.4 Å². The summed E-state index contributed by atoms with van der Waals surface area (Å²) in [6.07, 6.45) is 2.11. The molecule has 3 aromatic carbocycles. The molecule has 2 heteroatoms. The normalized spacial score (nSPS) is 13.1. The zero-order valence-corrected chi connectivity index (χ0v) is 20.4. The summed E-state index contributed by atoms with van der Waals surface area (Å²) in [7, 11) is 0. The van der Waals surface area contributed by atoms with Crippen LogP contribution in [0.3, 0.4) is 0 Å². The Bertz CT molecular complexity index is 1300. The van der Waals surface area contributed by atoms with Crippen LogP contribution in [0, 0.1) is 37.5 Å². The highest BCUT2D eigenvalue weighted by Crippen LogP contribution is 2.25. The van der Waals surface area contributed by atoms with Crippen molar-refractivity contribution < 1.29 is 9.90 Å². The van der Waals surface area contributed by atoms with Gasteiger partial charge >= 0.3 is 0 Å². The highest BCUT2D eigenvalue weighted by Gasteiger charge is 2.25. The molecule has 34 heavy (non-hydrogen) atoms. The maximum Gasteiger partial charge on any atom is 0.214 e. The van der Waals surface area contributed by atoms with E-state index in [1.165, 1.54) is 11.6 Å². The van der Waals surface area contributed by atoms with Crippen molar-refractivity contribution >= 4 is 11.9 Å². The Morgan fingerprint density at radius 2 is 1.44 bits per heavy atom. The van der Waals surface area contributed by atoms with Crippen molar-refractivity contribution in [3.05, 3.63) is 112 Å². The topological polar surface area (TPSA) is 37.3 Å². The maximum atomic E-state index is 11.7. The van der Waals surface area contributed by atoms with E-state index in [-0.39, 0.29) is 5.41 Å². The molecule has 0 saturated carbocycles. The number of hydrogen-bond acceptors (Lipinski definition) is 2. The molecule has 0 radical (unpaired) electrons. The van der Waals surface area contributed by atoms with Crippen molar-refractivity contribution in [3.8, 4) is 23.7 Å². The van der Waals surface area contributed by atoms with E-state index in [9.17, 15) is 9.90 Å². The van der Waals surface area contributed by atoms with Crippen LogP contribution >= 0.6 is 0 Å². The molecule has 1 N–H and O–H groups in total. The summed E-state index contributed by atoms with van der Waals surface area (Å²) in [6, 6.07) is 23.3. The second-order valence-electron chi connectivity index (χ2n) is 9.50. The molecule has 3 aromatic rings. The van der Waals surface area contributed by atoms with Gasteiger partial charge < -0.3 is 5.11 Å².